The zero-order chi connectivity index (χ0) is 21.6. The zero-order valence-corrected chi connectivity index (χ0v) is 17.2. The molecule has 29 heavy (non-hydrogen) atoms. The number of nitrogen functional groups attached to an aromatic ring is 1. The van der Waals surface area contributed by atoms with Crippen molar-refractivity contribution in [2.45, 2.75) is 58.0 Å². The van der Waals surface area contributed by atoms with Crippen LogP contribution in [0.15, 0.2) is 9.59 Å². The lowest BCUT2D eigenvalue weighted by Gasteiger charge is -2.52. The molecule has 11 nitrogen and oxygen atoms in total. The summed E-state index contributed by atoms with van der Waals surface area (Å²) in [4.78, 5) is 25.8. The fourth-order valence-corrected chi connectivity index (χ4v) is 5.31. The summed E-state index contributed by atoms with van der Waals surface area (Å²) in [5.41, 5.74) is 3.62. The minimum absolute atomic E-state index is 0.173. The molecule has 0 radical (unpaired) electrons. The van der Waals surface area contributed by atoms with Crippen molar-refractivity contribution in [1.29, 1.82) is 5.41 Å². The smallest absolute Gasteiger partial charge is 0.334 e. The SMILES string of the molecule is CCCCn1c(O)c(C(=N)N)c(=O)n(C2CCC3(CC2)CN(S(N)(=O)=O)C3)c1=O. The van der Waals surface area contributed by atoms with Gasteiger partial charge in [-0.2, -0.15) is 12.7 Å². The summed E-state index contributed by atoms with van der Waals surface area (Å²) >= 11 is 0. The van der Waals surface area contributed by atoms with Gasteiger partial charge in [0, 0.05) is 25.7 Å². The van der Waals surface area contributed by atoms with E-state index in [4.69, 9.17) is 16.3 Å². The Hall–Kier alpha value is -2.18. The van der Waals surface area contributed by atoms with Gasteiger partial charge in [-0.25, -0.2) is 9.93 Å². The quantitative estimate of drug-likeness (QED) is 0.348. The van der Waals surface area contributed by atoms with Gasteiger partial charge in [-0.15, -0.1) is 0 Å². The van der Waals surface area contributed by atoms with Crippen LogP contribution in [0.1, 0.15) is 57.1 Å². The van der Waals surface area contributed by atoms with Crippen molar-refractivity contribution in [3.63, 3.8) is 0 Å². The zero-order valence-electron chi connectivity index (χ0n) is 16.4. The third kappa shape index (κ3) is 3.83. The molecule has 1 aromatic rings. The van der Waals surface area contributed by atoms with Crippen molar-refractivity contribution >= 4 is 16.0 Å². The molecule has 1 saturated heterocycles. The summed E-state index contributed by atoms with van der Waals surface area (Å²) in [5.74, 6) is -1.14. The molecule has 2 aliphatic rings. The molecule has 1 spiro atoms. The van der Waals surface area contributed by atoms with Crippen molar-refractivity contribution in [2.75, 3.05) is 13.1 Å². The molecule has 1 aliphatic carbocycles. The Labute approximate surface area is 168 Å². The maximum Gasteiger partial charge on any atom is 0.334 e. The van der Waals surface area contributed by atoms with E-state index in [2.05, 4.69) is 0 Å². The Balaban J connectivity index is 1.90. The monoisotopic (exact) mass is 428 g/mol. The lowest BCUT2D eigenvalue weighted by Crippen LogP contribution is -2.61. The highest BCUT2D eigenvalue weighted by atomic mass is 32.2. The van der Waals surface area contributed by atoms with Crippen LogP contribution in [0, 0.1) is 10.8 Å². The summed E-state index contributed by atoms with van der Waals surface area (Å²) in [6, 6.07) is -0.393. The summed E-state index contributed by atoms with van der Waals surface area (Å²) in [7, 11) is -3.70. The third-order valence-corrected chi connectivity index (χ3v) is 7.10. The molecule has 1 aliphatic heterocycles. The molecule has 0 amide bonds. The number of aromatic nitrogens is 2. The molecule has 2 heterocycles. The van der Waals surface area contributed by atoms with E-state index in [-0.39, 0.29) is 17.5 Å². The average molecular weight is 429 g/mol. The Bertz CT molecular complexity index is 1030. The van der Waals surface area contributed by atoms with Gasteiger partial charge >= 0.3 is 5.69 Å². The first-order valence-corrected chi connectivity index (χ1v) is 11.2. The highest BCUT2D eigenvalue weighted by Crippen LogP contribution is 2.47. The van der Waals surface area contributed by atoms with E-state index in [9.17, 15) is 23.1 Å². The van der Waals surface area contributed by atoms with Crippen LogP contribution >= 0.6 is 0 Å². The van der Waals surface area contributed by atoms with Crippen molar-refractivity contribution in [2.24, 2.45) is 16.3 Å². The number of nitrogens with one attached hydrogen (secondary N) is 1. The van der Waals surface area contributed by atoms with E-state index in [0.29, 0.717) is 45.2 Å². The first kappa shape index (κ1) is 21.5. The molecule has 3 rings (SSSR count). The summed E-state index contributed by atoms with van der Waals surface area (Å²) in [5, 5.41) is 23.2. The molecule has 0 unspecified atom stereocenters. The summed E-state index contributed by atoms with van der Waals surface area (Å²) < 4.78 is 26.3. The van der Waals surface area contributed by atoms with Gasteiger partial charge in [-0.3, -0.25) is 19.3 Å². The van der Waals surface area contributed by atoms with Gasteiger partial charge in [0.15, 0.2) is 0 Å². The number of rotatable bonds is 6. The van der Waals surface area contributed by atoms with Crippen LogP contribution < -0.4 is 22.1 Å². The maximum atomic E-state index is 13.0. The van der Waals surface area contributed by atoms with Crippen LogP contribution in [-0.4, -0.2) is 45.9 Å². The highest BCUT2D eigenvalue weighted by molar-refractivity contribution is 7.86. The predicted octanol–water partition coefficient (Wildman–Crippen LogP) is -0.580. The third-order valence-electron chi connectivity index (χ3n) is 6.12. The Morgan fingerprint density at radius 1 is 1.28 bits per heavy atom. The number of amidine groups is 1. The van der Waals surface area contributed by atoms with Gasteiger partial charge < -0.3 is 10.8 Å². The van der Waals surface area contributed by atoms with E-state index in [1.807, 2.05) is 6.92 Å². The highest BCUT2D eigenvalue weighted by Gasteiger charge is 2.49. The fourth-order valence-electron chi connectivity index (χ4n) is 4.41. The summed E-state index contributed by atoms with van der Waals surface area (Å²) in [6.07, 6.45) is 3.75. The van der Waals surface area contributed by atoms with Gasteiger partial charge in [0.25, 0.3) is 15.8 Å². The molecule has 0 bridgehead atoms. The van der Waals surface area contributed by atoms with E-state index in [0.717, 1.165) is 15.6 Å². The number of unbranched alkanes of at least 4 members (excludes halogenated alkanes) is 1. The number of hydrogen-bond acceptors (Lipinski definition) is 6. The van der Waals surface area contributed by atoms with E-state index < -0.39 is 39.2 Å². The van der Waals surface area contributed by atoms with Crippen LogP contribution in [0.25, 0.3) is 0 Å². The van der Waals surface area contributed by atoms with Crippen molar-refractivity contribution in [1.82, 2.24) is 13.4 Å². The first-order chi connectivity index (χ1) is 13.5. The Morgan fingerprint density at radius 3 is 2.34 bits per heavy atom. The maximum absolute atomic E-state index is 13.0. The molecule has 162 valence electrons. The van der Waals surface area contributed by atoms with Gasteiger partial charge in [-0.05, 0) is 37.5 Å². The van der Waals surface area contributed by atoms with Gasteiger partial charge in [0.2, 0.25) is 5.88 Å². The molecule has 0 aromatic carbocycles. The number of nitrogens with zero attached hydrogens (tertiary/aromatic N) is 3. The first-order valence-electron chi connectivity index (χ1n) is 9.71. The Kier molecular flexibility index (Phi) is 5.62. The van der Waals surface area contributed by atoms with Crippen LogP contribution in [-0.2, 0) is 16.8 Å². The lowest BCUT2D eigenvalue weighted by atomic mass is 9.68. The summed E-state index contributed by atoms with van der Waals surface area (Å²) in [6.45, 7) is 2.86. The van der Waals surface area contributed by atoms with Crippen LogP contribution in [0.5, 0.6) is 5.88 Å². The molecular weight excluding hydrogens is 400 g/mol. The minimum atomic E-state index is -3.70. The molecule has 0 atom stereocenters. The van der Waals surface area contributed by atoms with Gasteiger partial charge in [0.1, 0.15) is 11.4 Å². The predicted molar refractivity (Wildman–Crippen MR) is 107 cm³/mol. The number of nitrogens with two attached hydrogens (primary N) is 2. The minimum Gasteiger partial charge on any atom is -0.494 e. The van der Waals surface area contributed by atoms with Crippen molar-refractivity contribution < 1.29 is 13.5 Å². The number of hydrogen-bond donors (Lipinski definition) is 4. The van der Waals surface area contributed by atoms with E-state index in [1.165, 1.54) is 4.31 Å². The van der Waals surface area contributed by atoms with Crippen LogP contribution in [0.3, 0.4) is 0 Å². The second-order valence-corrected chi connectivity index (χ2v) is 9.67. The molecule has 1 aromatic heterocycles. The van der Waals surface area contributed by atoms with Crippen molar-refractivity contribution in [3.05, 3.63) is 26.4 Å². The van der Waals surface area contributed by atoms with Crippen LogP contribution in [0.4, 0.5) is 0 Å². The van der Waals surface area contributed by atoms with E-state index >= 15 is 0 Å². The molecule has 1 saturated carbocycles. The van der Waals surface area contributed by atoms with Crippen molar-refractivity contribution in [3.8, 4) is 5.88 Å². The normalized spacial score (nSPS) is 19.9. The van der Waals surface area contributed by atoms with E-state index in [1.54, 1.807) is 0 Å². The number of aromatic hydroxyl groups is 1. The van der Waals surface area contributed by atoms with Gasteiger partial charge in [0.05, 0.1) is 0 Å². The average Bonchev–Trinajstić information content (AvgIpc) is 2.59. The standard InChI is InChI=1S/C17H28N6O5S/c1-2-3-8-22-14(24)12(13(18)19)15(25)23(16(22)26)11-4-6-17(7-5-11)9-21(10-17)29(20,27)28/h11,24H,2-10H2,1H3,(H3,18,19)(H2,20,27,28). The topological polar surface area (TPSA) is 177 Å². The molecule has 2 fully saturated rings. The molecular formula is C17H28N6O5S. The Morgan fingerprint density at radius 2 is 1.86 bits per heavy atom. The van der Waals surface area contributed by atoms with Gasteiger partial charge in [-0.1, -0.05) is 13.3 Å². The second kappa shape index (κ2) is 7.58. The largest absolute Gasteiger partial charge is 0.494 e. The molecule has 6 N–H and O–H groups in total. The molecule has 12 heteroatoms. The lowest BCUT2D eigenvalue weighted by molar-refractivity contribution is 0.0160. The fraction of sp³-hybridized carbons (Fsp3) is 0.706. The second-order valence-electron chi connectivity index (χ2n) is 8.12. The van der Waals surface area contributed by atoms with Crippen LogP contribution in [0.2, 0.25) is 0 Å².